The lowest BCUT2D eigenvalue weighted by Gasteiger charge is -2.37. The summed E-state index contributed by atoms with van der Waals surface area (Å²) in [6, 6.07) is 11.1. The molecular formula is C19H24N2. The van der Waals surface area contributed by atoms with Crippen LogP contribution >= 0.6 is 0 Å². The van der Waals surface area contributed by atoms with Crippen molar-refractivity contribution >= 4 is 5.57 Å². The van der Waals surface area contributed by atoms with E-state index in [9.17, 15) is 0 Å². The van der Waals surface area contributed by atoms with Crippen LogP contribution in [0.1, 0.15) is 12.0 Å². The molecule has 0 amide bonds. The number of hydrogen-bond acceptors (Lipinski definition) is 2. The van der Waals surface area contributed by atoms with Gasteiger partial charge in [0.25, 0.3) is 0 Å². The van der Waals surface area contributed by atoms with E-state index in [4.69, 9.17) is 0 Å². The van der Waals surface area contributed by atoms with E-state index in [0.717, 1.165) is 26.1 Å². The van der Waals surface area contributed by atoms with E-state index in [1.165, 1.54) is 24.2 Å². The topological polar surface area (TPSA) is 6.48 Å². The molecule has 0 bridgehead atoms. The average molecular weight is 280 g/mol. The van der Waals surface area contributed by atoms with Gasteiger partial charge in [0.15, 0.2) is 0 Å². The van der Waals surface area contributed by atoms with Gasteiger partial charge in [-0.25, -0.2) is 0 Å². The SMILES string of the molecule is C=C(CCN1CCN(C2C=CC=C2)CC1)c1ccccc1. The predicted octanol–water partition coefficient (Wildman–Crippen LogP) is 3.20. The maximum Gasteiger partial charge on any atom is 0.0468 e. The Kier molecular flexibility index (Phi) is 4.69. The Morgan fingerprint density at radius 3 is 2.33 bits per heavy atom. The second-order valence-corrected chi connectivity index (χ2v) is 5.86. The summed E-state index contributed by atoms with van der Waals surface area (Å²) in [5.41, 5.74) is 2.53. The van der Waals surface area contributed by atoms with Crippen molar-refractivity contribution in [1.29, 1.82) is 0 Å². The van der Waals surface area contributed by atoms with Gasteiger partial charge in [0.1, 0.15) is 0 Å². The maximum atomic E-state index is 4.23. The molecule has 0 saturated carbocycles. The van der Waals surface area contributed by atoms with Crippen LogP contribution in [0, 0.1) is 0 Å². The molecule has 0 aromatic heterocycles. The molecule has 0 radical (unpaired) electrons. The number of allylic oxidation sites excluding steroid dienone is 2. The summed E-state index contributed by atoms with van der Waals surface area (Å²) >= 11 is 0. The highest BCUT2D eigenvalue weighted by Crippen LogP contribution is 2.17. The van der Waals surface area contributed by atoms with Crippen LogP contribution in [0.15, 0.2) is 61.2 Å². The molecule has 1 heterocycles. The highest BCUT2D eigenvalue weighted by atomic mass is 15.3. The minimum absolute atomic E-state index is 0.534. The molecule has 21 heavy (non-hydrogen) atoms. The molecule has 1 fully saturated rings. The molecule has 0 atom stereocenters. The van der Waals surface area contributed by atoms with E-state index in [1.54, 1.807) is 0 Å². The zero-order chi connectivity index (χ0) is 14.5. The van der Waals surface area contributed by atoms with Crippen molar-refractivity contribution in [1.82, 2.24) is 9.80 Å². The second kappa shape index (κ2) is 6.88. The fourth-order valence-corrected chi connectivity index (χ4v) is 3.06. The summed E-state index contributed by atoms with van der Waals surface area (Å²) in [6.45, 7) is 10.0. The Balaban J connectivity index is 1.42. The first kappa shape index (κ1) is 14.3. The Bertz CT molecular complexity index is 510. The van der Waals surface area contributed by atoms with Crippen molar-refractivity contribution in [3.63, 3.8) is 0 Å². The monoisotopic (exact) mass is 280 g/mol. The lowest BCUT2D eigenvalue weighted by atomic mass is 10.0. The van der Waals surface area contributed by atoms with Crippen LogP contribution in [0.5, 0.6) is 0 Å². The van der Waals surface area contributed by atoms with Crippen molar-refractivity contribution < 1.29 is 0 Å². The quantitative estimate of drug-likeness (QED) is 0.817. The van der Waals surface area contributed by atoms with Gasteiger partial charge in [0.2, 0.25) is 0 Å². The maximum absolute atomic E-state index is 4.23. The molecule has 2 heteroatoms. The summed E-state index contributed by atoms with van der Waals surface area (Å²) in [5.74, 6) is 0. The zero-order valence-corrected chi connectivity index (χ0v) is 12.6. The third-order valence-electron chi connectivity index (χ3n) is 4.47. The summed E-state index contributed by atoms with van der Waals surface area (Å²) in [5, 5.41) is 0. The van der Waals surface area contributed by atoms with E-state index >= 15 is 0 Å². The molecule has 1 aromatic rings. The van der Waals surface area contributed by atoms with E-state index < -0.39 is 0 Å². The molecule has 1 aromatic carbocycles. The first-order valence-electron chi connectivity index (χ1n) is 7.87. The van der Waals surface area contributed by atoms with Gasteiger partial charge in [-0.2, -0.15) is 0 Å². The third-order valence-corrected chi connectivity index (χ3v) is 4.47. The van der Waals surface area contributed by atoms with Gasteiger partial charge in [-0.3, -0.25) is 4.90 Å². The molecule has 0 N–H and O–H groups in total. The van der Waals surface area contributed by atoms with Crippen LogP contribution in [-0.2, 0) is 0 Å². The summed E-state index contributed by atoms with van der Waals surface area (Å²) < 4.78 is 0. The van der Waals surface area contributed by atoms with Gasteiger partial charge in [0.05, 0.1) is 0 Å². The number of piperazine rings is 1. The van der Waals surface area contributed by atoms with E-state index in [2.05, 4.69) is 71.0 Å². The summed E-state index contributed by atoms with van der Waals surface area (Å²) in [4.78, 5) is 5.12. The summed E-state index contributed by atoms with van der Waals surface area (Å²) in [7, 11) is 0. The highest BCUT2D eigenvalue weighted by Gasteiger charge is 2.21. The standard InChI is InChI=1S/C19H24N2/c1-17(18-7-3-2-4-8-18)11-12-20-13-15-21(16-14-20)19-9-5-6-10-19/h2-10,19H,1,11-16H2. The molecule has 3 rings (SSSR count). The van der Waals surface area contributed by atoms with Gasteiger partial charge in [-0.05, 0) is 17.6 Å². The van der Waals surface area contributed by atoms with Crippen LogP contribution < -0.4 is 0 Å². The molecule has 0 unspecified atom stereocenters. The molecule has 2 nitrogen and oxygen atoms in total. The Hall–Kier alpha value is -1.64. The molecule has 1 aliphatic carbocycles. The van der Waals surface area contributed by atoms with E-state index in [1.807, 2.05) is 0 Å². The highest BCUT2D eigenvalue weighted by molar-refractivity contribution is 5.63. The minimum Gasteiger partial charge on any atom is -0.300 e. The number of nitrogens with zero attached hydrogens (tertiary/aromatic N) is 2. The van der Waals surface area contributed by atoms with Crippen molar-refractivity contribution in [2.75, 3.05) is 32.7 Å². The van der Waals surface area contributed by atoms with Crippen LogP contribution in [0.25, 0.3) is 5.57 Å². The van der Waals surface area contributed by atoms with Crippen LogP contribution in [-0.4, -0.2) is 48.6 Å². The first-order chi connectivity index (χ1) is 10.3. The summed E-state index contributed by atoms with van der Waals surface area (Å²) in [6.07, 6.45) is 9.94. The fraction of sp³-hybridized carbons (Fsp3) is 0.368. The second-order valence-electron chi connectivity index (χ2n) is 5.86. The van der Waals surface area contributed by atoms with Gasteiger partial charge in [-0.15, -0.1) is 0 Å². The Morgan fingerprint density at radius 1 is 1.00 bits per heavy atom. The van der Waals surface area contributed by atoms with Crippen LogP contribution in [0.2, 0.25) is 0 Å². The molecule has 110 valence electrons. The average Bonchev–Trinajstić information content (AvgIpc) is 3.08. The number of hydrogen-bond donors (Lipinski definition) is 0. The molecule has 1 aliphatic heterocycles. The van der Waals surface area contributed by atoms with Crippen molar-refractivity contribution in [3.8, 4) is 0 Å². The molecule has 2 aliphatic rings. The van der Waals surface area contributed by atoms with Gasteiger partial charge >= 0.3 is 0 Å². The van der Waals surface area contributed by atoms with Gasteiger partial charge in [0, 0.05) is 38.8 Å². The molecular weight excluding hydrogens is 256 g/mol. The van der Waals surface area contributed by atoms with Crippen molar-refractivity contribution in [3.05, 3.63) is 66.8 Å². The third kappa shape index (κ3) is 3.72. The predicted molar refractivity (Wildman–Crippen MR) is 90.2 cm³/mol. The number of benzene rings is 1. The molecule has 1 saturated heterocycles. The number of rotatable bonds is 5. The minimum atomic E-state index is 0.534. The smallest absolute Gasteiger partial charge is 0.0468 e. The normalized spacial score (nSPS) is 20.2. The van der Waals surface area contributed by atoms with Crippen molar-refractivity contribution in [2.45, 2.75) is 12.5 Å². The largest absolute Gasteiger partial charge is 0.300 e. The zero-order valence-electron chi connectivity index (χ0n) is 12.6. The Labute approximate surface area is 128 Å². The van der Waals surface area contributed by atoms with Crippen LogP contribution in [0.4, 0.5) is 0 Å². The van der Waals surface area contributed by atoms with E-state index in [0.29, 0.717) is 6.04 Å². The van der Waals surface area contributed by atoms with Gasteiger partial charge in [-0.1, -0.05) is 61.2 Å². The van der Waals surface area contributed by atoms with E-state index in [-0.39, 0.29) is 0 Å². The lowest BCUT2D eigenvalue weighted by molar-refractivity contribution is 0.127. The van der Waals surface area contributed by atoms with Gasteiger partial charge < -0.3 is 4.90 Å². The lowest BCUT2D eigenvalue weighted by Crippen LogP contribution is -2.49. The van der Waals surface area contributed by atoms with Crippen molar-refractivity contribution in [2.24, 2.45) is 0 Å². The molecule has 0 spiro atoms. The van der Waals surface area contributed by atoms with Crippen LogP contribution in [0.3, 0.4) is 0 Å². The fourth-order valence-electron chi connectivity index (χ4n) is 3.06. The first-order valence-corrected chi connectivity index (χ1v) is 7.87. The Morgan fingerprint density at radius 2 is 1.67 bits per heavy atom.